The number of fused-ring (bicyclic) bond motifs is 1. The third-order valence-electron chi connectivity index (χ3n) is 5.28. The maximum absolute atomic E-state index is 13.0. The number of methoxy groups -OCH3 is 2. The van der Waals surface area contributed by atoms with E-state index < -0.39 is 15.9 Å². The van der Waals surface area contributed by atoms with Crippen LogP contribution in [0.3, 0.4) is 0 Å². The second-order valence-corrected chi connectivity index (χ2v) is 10.2. The van der Waals surface area contributed by atoms with Gasteiger partial charge in [0.2, 0.25) is 15.9 Å². The van der Waals surface area contributed by atoms with Crippen LogP contribution >= 0.6 is 11.3 Å². The fraction of sp³-hybridized carbons (Fsp3) is 0.333. The van der Waals surface area contributed by atoms with Crippen LogP contribution in [-0.2, 0) is 14.8 Å². The van der Waals surface area contributed by atoms with Crippen molar-refractivity contribution < 1.29 is 22.7 Å². The van der Waals surface area contributed by atoms with E-state index in [4.69, 9.17) is 9.47 Å². The molecule has 0 saturated carbocycles. The number of nitrogens with one attached hydrogen (secondary N) is 1. The molecule has 3 aromatic rings. The summed E-state index contributed by atoms with van der Waals surface area (Å²) in [6, 6.07) is 11.8. The monoisotopic (exact) mass is 461 g/mol. The van der Waals surface area contributed by atoms with Gasteiger partial charge in [0.25, 0.3) is 0 Å². The van der Waals surface area contributed by atoms with Gasteiger partial charge in [-0.2, -0.15) is 4.31 Å². The number of rotatable bonds is 6. The number of hydrogen-bond donors (Lipinski definition) is 1. The first-order valence-electron chi connectivity index (χ1n) is 9.80. The number of ether oxygens (including phenoxy) is 2. The zero-order chi connectivity index (χ0) is 22.0. The first kappa shape index (κ1) is 21.5. The molecule has 164 valence electrons. The van der Waals surface area contributed by atoms with Crippen molar-refractivity contribution in [3.05, 3.63) is 42.5 Å². The van der Waals surface area contributed by atoms with Gasteiger partial charge in [0.1, 0.15) is 11.5 Å². The quantitative estimate of drug-likeness (QED) is 0.605. The number of aromatic nitrogens is 1. The molecule has 1 fully saturated rings. The molecule has 8 nitrogen and oxygen atoms in total. The van der Waals surface area contributed by atoms with E-state index in [1.807, 2.05) is 18.2 Å². The topological polar surface area (TPSA) is 97.8 Å². The summed E-state index contributed by atoms with van der Waals surface area (Å²) in [4.78, 5) is 17.5. The molecule has 0 bridgehead atoms. The molecule has 10 heteroatoms. The SMILES string of the molecule is COc1ccc(S(=O)(=O)N2CCCC(C(=O)Nc3nc4ccc(OC)cc4s3)C2)cc1. The number of nitrogens with zero attached hydrogens (tertiary/aromatic N) is 2. The lowest BCUT2D eigenvalue weighted by atomic mass is 9.99. The molecule has 0 spiro atoms. The Labute approximate surface area is 184 Å². The highest BCUT2D eigenvalue weighted by Crippen LogP contribution is 2.30. The van der Waals surface area contributed by atoms with E-state index in [9.17, 15) is 13.2 Å². The minimum Gasteiger partial charge on any atom is -0.497 e. The minimum absolute atomic E-state index is 0.138. The number of piperidine rings is 1. The van der Waals surface area contributed by atoms with E-state index in [-0.39, 0.29) is 17.3 Å². The molecule has 1 aliphatic heterocycles. The maximum Gasteiger partial charge on any atom is 0.243 e. The van der Waals surface area contributed by atoms with Gasteiger partial charge in [-0.25, -0.2) is 13.4 Å². The Hall–Kier alpha value is -2.69. The second kappa shape index (κ2) is 8.81. The molecule has 1 unspecified atom stereocenters. The molecule has 1 N–H and O–H groups in total. The van der Waals surface area contributed by atoms with Gasteiger partial charge in [-0.3, -0.25) is 4.79 Å². The average Bonchev–Trinajstić information content (AvgIpc) is 3.20. The molecule has 1 aromatic heterocycles. The number of hydrogen-bond acceptors (Lipinski definition) is 7. The standard InChI is InChI=1S/C21H23N3O5S2/c1-28-15-5-8-17(9-6-15)31(26,27)24-11-3-4-14(13-24)20(25)23-21-22-18-10-7-16(29-2)12-19(18)30-21/h5-10,12,14H,3-4,11,13H2,1-2H3,(H,22,23,25). The van der Waals surface area contributed by atoms with E-state index in [2.05, 4.69) is 10.3 Å². The van der Waals surface area contributed by atoms with Crippen molar-refractivity contribution in [1.29, 1.82) is 0 Å². The Morgan fingerprint density at radius 3 is 2.55 bits per heavy atom. The number of anilines is 1. The summed E-state index contributed by atoms with van der Waals surface area (Å²) < 4.78 is 38.6. The molecule has 1 saturated heterocycles. The lowest BCUT2D eigenvalue weighted by Crippen LogP contribution is -2.43. The van der Waals surface area contributed by atoms with Crippen LogP contribution in [0.5, 0.6) is 11.5 Å². The Kier molecular flexibility index (Phi) is 6.12. The van der Waals surface area contributed by atoms with Crippen molar-refractivity contribution >= 4 is 42.6 Å². The first-order chi connectivity index (χ1) is 14.9. The van der Waals surface area contributed by atoms with Crippen molar-refractivity contribution in [2.75, 3.05) is 32.6 Å². The summed E-state index contributed by atoms with van der Waals surface area (Å²) in [6.45, 7) is 0.526. The molecule has 1 aliphatic rings. The number of benzene rings is 2. The Balaban J connectivity index is 1.46. The first-order valence-corrected chi connectivity index (χ1v) is 12.1. The lowest BCUT2D eigenvalue weighted by Gasteiger charge is -2.31. The second-order valence-electron chi connectivity index (χ2n) is 7.22. The Morgan fingerprint density at radius 2 is 1.84 bits per heavy atom. The van der Waals surface area contributed by atoms with Crippen LogP contribution in [-0.4, -0.2) is 50.9 Å². The van der Waals surface area contributed by atoms with Crippen LogP contribution in [0.4, 0.5) is 5.13 Å². The van der Waals surface area contributed by atoms with Crippen LogP contribution in [0.25, 0.3) is 10.2 Å². The zero-order valence-corrected chi connectivity index (χ0v) is 18.8. The largest absolute Gasteiger partial charge is 0.497 e. The molecule has 0 radical (unpaired) electrons. The summed E-state index contributed by atoms with van der Waals surface area (Å²) in [5.74, 6) is 0.646. The van der Waals surface area contributed by atoms with Crippen LogP contribution in [0.1, 0.15) is 12.8 Å². The van der Waals surface area contributed by atoms with Gasteiger partial charge in [0, 0.05) is 13.1 Å². The van der Waals surface area contributed by atoms with Gasteiger partial charge < -0.3 is 14.8 Å². The van der Waals surface area contributed by atoms with Crippen molar-refractivity contribution in [2.24, 2.45) is 5.92 Å². The fourth-order valence-corrected chi connectivity index (χ4v) is 5.99. The van der Waals surface area contributed by atoms with Crippen molar-refractivity contribution in [3.63, 3.8) is 0 Å². The number of thiazole rings is 1. The van der Waals surface area contributed by atoms with E-state index in [0.717, 1.165) is 16.0 Å². The highest BCUT2D eigenvalue weighted by atomic mass is 32.2. The summed E-state index contributed by atoms with van der Waals surface area (Å²) >= 11 is 1.36. The highest BCUT2D eigenvalue weighted by Gasteiger charge is 2.33. The van der Waals surface area contributed by atoms with Crippen molar-refractivity contribution in [3.8, 4) is 11.5 Å². The Bertz CT molecular complexity index is 1190. The fourth-order valence-electron chi connectivity index (χ4n) is 3.56. The predicted molar refractivity (Wildman–Crippen MR) is 119 cm³/mol. The van der Waals surface area contributed by atoms with Gasteiger partial charge in [0.05, 0.1) is 35.2 Å². The predicted octanol–water partition coefficient (Wildman–Crippen LogP) is 3.35. The highest BCUT2D eigenvalue weighted by molar-refractivity contribution is 7.89. The molecular weight excluding hydrogens is 438 g/mol. The van der Waals surface area contributed by atoms with Crippen LogP contribution in [0, 0.1) is 5.92 Å². The van der Waals surface area contributed by atoms with Gasteiger partial charge in [-0.15, -0.1) is 0 Å². The van der Waals surface area contributed by atoms with Crippen molar-refractivity contribution in [2.45, 2.75) is 17.7 Å². The molecule has 4 rings (SSSR count). The normalized spacial score (nSPS) is 17.4. The molecule has 1 amide bonds. The minimum atomic E-state index is -3.68. The molecule has 0 aliphatic carbocycles. The summed E-state index contributed by atoms with van der Waals surface area (Å²) in [7, 11) is -0.560. The number of carbonyl (C=O) groups excluding carboxylic acids is 1. The summed E-state index contributed by atoms with van der Waals surface area (Å²) in [6.07, 6.45) is 1.24. The van der Waals surface area contributed by atoms with Crippen molar-refractivity contribution in [1.82, 2.24) is 9.29 Å². The molecule has 2 aromatic carbocycles. The number of carbonyl (C=O) groups is 1. The van der Waals surface area contributed by atoms with Gasteiger partial charge in [-0.1, -0.05) is 11.3 Å². The molecule has 31 heavy (non-hydrogen) atoms. The average molecular weight is 462 g/mol. The van der Waals surface area contributed by atoms with E-state index >= 15 is 0 Å². The smallest absolute Gasteiger partial charge is 0.243 e. The Morgan fingerprint density at radius 1 is 1.13 bits per heavy atom. The van der Waals surface area contributed by atoms with E-state index in [1.54, 1.807) is 19.2 Å². The van der Waals surface area contributed by atoms with Gasteiger partial charge in [0.15, 0.2) is 5.13 Å². The van der Waals surface area contributed by atoms with Gasteiger partial charge in [-0.05, 0) is 55.3 Å². The van der Waals surface area contributed by atoms with Crippen LogP contribution < -0.4 is 14.8 Å². The molecule has 1 atom stereocenters. The number of sulfonamides is 1. The number of amides is 1. The zero-order valence-electron chi connectivity index (χ0n) is 17.2. The van der Waals surface area contributed by atoms with Crippen LogP contribution in [0.2, 0.25) is 0 Å². The summed E-state index contributed by atoms with van der Waals surface area (Å²) in [5, 5.41) is 3.34. The molecular formula is C21H23N3O5S2. The van der Waals surface area contributed by atoms with Gasteiger partial charge >= 0.3 is 0 Å². The summed E-state index contributed by atoms with van der Waals surface area (Å²) in [5.41, 5.74) is 0.772. The lowest BCUT2D eigenvalue weighted by molar-refractivity contribution is -0.120. The third-order valence-corrected chi connectivity index (χ3v) is 8.09. The van der Waals surface area contributed by atoms with E-state index in [1.165, 1.54) is 34.9 Å². The maximum atomic E-state index is 13.0. The third kappa shape index (κ3) is 4.51. The molecule has 2 heterocycles. The van der Waals surface area contributed by atoms with Crippen LogP contribution in [0.15, 0.2) is 47.4 Å². The van der Waals surface area contributed by atoms with E-state index in [0.29, 0.717) is 30.3 Å².